The van der Waals surface area contributed by atoms with Gasteiger partial charge in [0, 0.05) is 54.9 Å². The van der Waals surface area contributed by atoms with Crippen LogP contribution >= 0.6 is 0 Å². The highest BCUT2D eigenvalue weighted by Gasteiger charge is 2.64. The lowest BCUT2D eigenvalue weighted by atomic mass is 9.72. The smallest absolute Gasteiger partial charge is 0.420 e. The number of carbonyl (C=O) groups excluding carboxylic acids is 2. The quantitative estimate of drug-likeness (QED) is 0.170. The number of hydrogen-bond acceptors (Lipinski definition) is 13. The van der Waals surface area contributed by atoms with Crippen molar-refractivity contribution in [3.8, 4) is 0 Å². The van der Waals surface area contributed by atoms with Crippen molar-refractivity contribution in [1.82, 2.24) is 19.1 Å². The highest BCUT2D eigenvalue weighted by atomic mass is 16.8. The average Bonchev–Trinajstić information content (AvgIpc) is 4.09. The van der Waals surface area contributed by atoms with Crippen molar-refractivity contribution in [2.24, 2.45) is 41.4 Å². The summed E-state index contributed by atoms with van der Waals surface area (Å²) in [5.74, 6) is -4.36. The minimum absolute atomic E-state index is 0.0254. The molecule has 2 aromatic heterocycles. The van der Waals surface area contributed by atoms with Crippen LogP contribution in [0.15, 0.2) is 49.6 Å². The van der Waals surface area contributed by atoms with E-state index in [0.717, 1.165) is 12.8 Å². The summed E-state index contributed by atoms with van der Waals surface area (Å²) >= 11 is 0. The zero-order chi connectivity index (χ0) is 46.4. The highest BCUT2D eigenvalue weighted by molar-refractivity contribution is 5.81. The molecule has 2 spiro atoms. The molecule has 5 aliphatic heterocycles. The highest BCUT2D eigenvalue weighted by Crippen LogP contribution is 2.55. The molecule has 15 heteroatoms. The van der Waals surface area contributed by atoms with Gasteiger partial charge in [-0.25, -0.2) is 19.3 Å². The Morgan fingerprint density at radius 3 is 2.19 bits per heavy atom. The molecule has 1 unspecified atom stereocenters. The summed E-state index contributed by atoms with van der Waals surface area (Å²) in [6, 6.07) is 0. The van der Waals surface area contributed by atoms with Gasteiger partial charge in [0.25, 0.3) is 0 Å². The Labute approximate surface area is 379 Å². The molecule has 5 aliphatic rings. The number of hydrogen-bond donors (Lipinski definition) is 3. The van der Waals surface area contributed by atoms with Crippen LogP contribution in [0.5, 0.6) is 0 Å². The third-order valence-electron chi connectivity index (χ3n) is 16.4. The molecule has 358 valence electrons. The Morgan fingerprint density at radius 1 is 0.859 bits per heavy atom. The lowest BCUT2D eigenvalue weighted by Crippen LogP contribution is -2.64. The number of aliphatic hydroxyl groups is 3. The number of rotatable bonds is 13. The molecule has 7 rings (SSSR count). The molecule has 19 atom stereocenters. The van der Waals surface area contributed by atoms with Gasteiger partial charge in [-0.1, -0.05) is 55.4 Å². The lowest BCUT2D eigenvalue weighted by molar-refractivity contribution is -0.410. The van der Waals surface area contributed by atoms with Gasteiger partial charge in [-0.05, 0) is 95.6 Å². The number of aliphatic hydroxyl groups excluding tert-OH is 2. The molecule has 2 aromatic rings. The predicted octanol–water partition coefficient (Wildman–Crippen LogP) is 7.32. The van der Waals surface area contributed by atoms with E-state index >= 15 is 0 Å². The third kappa shape index (κ3) is 9.18. The van der Waals surface area contributed by atoms with E-state index in [1.165, 1.54) is 34.2 Å². The summed E-state index contributed by atoms with van der Waals surface area (Å²) in [6.45, 7) is 20.2. The van der Waals surface area contributed by atoms with E-state index in [9.17, 15) is 24.9 Å². The molecule has 15 nitrogen and oxygen atoms in total. The number of ether oxygens (including phenoxy) is 6. The molecule has 0 aliphatic carbocycles. The SMILES string of the molecule is CC[C@@H]([C@H](O)[C@@H](C)[C@@H](O)[C@H](C)[C@@H]1O[C@@H]([C@@H](CC)C(=O)n2ccnc2)CCC1C)[C@H]1O[C@]2(C=C[C@@H](OC(=O)n3ccnc3)[C@]3(CC[C@@](C)([C@H]4CC[C@](O)(CC)[C@H](C)O4)O3)O2)[C@H](C)C[C@@H]1C. The van der Waals surface area contributed by atoms with E-state index in [1.54, 1.807) is 12.4 Å². The van der Waals surface area contributed by atoms with E-state index in [2.05, 4.69) is 30.7 Å². The molecule has 4 saturated heterocycles. The van der Waals surface area contributed by atoms with Crippen LogP contribution in [0.3, 0.4) is 0 Å². The van der Waals surface area contributed by atoms with Crippen molar-refractivity contribution >= 4 is 12.0 Å². The fourth-order valence-corrected chi connectivity index (χ4v) is 11.9. The summed E-state index contributed by atoms with van der Waals surface area (Å²) < 4.78 is 43.8. The van der Waals surface area contributed by atoms with Crippen LogP contribution in [-0.4, -0.2) is 118 Å². The van der Waals surface area contributed by atoms with Crippen LogP contribution in [0.2, 0.25) is 0 Å². The molecule has 3 N–H and O–H groups in total. The molecule has 0 aromatic carbocycles. The monoisotopic (exact) mass is 897 g/mol. The normalized spacial score (nSPS) is 40.7. The fourth-order valence-electron chi connectivity index (χ4n) is 11.9. The Kier molecular flexibility index (Phi) is 14.7. The lowest BCUT2D eigenvalue weighted by Gasteiger charge is -2.55. The number of nitrogens with zero attached hydrogens (tertiary/aromatic N) is 4. The van der Waals surface area contributed by atoms with Crippen molar-refractivity contribution in [3.63, 3.8) is 0 Å². The maximum atomic E-state index is 13.5. The summed E-state index contributed by atoms with van der Waals surface area (Å²) in [6.07, 6.45) is 13.8. The van der Waals surface area contributed by atoms with E-state index in [0.29, 0.717) is 51.4 Å². The van der Waals surface area contributed by atoms with Crippen molar-refractivity contribution in [3.05, 3.63) is 49.6 Å². The molecular formula is C49H76N4O11. The first-order valence-electron chi connectivity index (χ1n) is 24.2. The number of carbonyl (C=O) groups is 2. The average molecular weight is 897 g/mol. The molecule has 64 heavy (non-hydrogen) atoms. The fraction of sp³-hybridized carbons (Fsp3) is 0.796. The Balaban J connectivity index is 1.10. The van der Waals surface area contributed by atoms with Crippen LogP contribution in [0.1, 0.15) is 138 Å². The Hall–Kier alpha value is -3.02. The minimum Gasteiger partial charge on any atom is -0.436 e. The first kappa shape index (κ1) is 48.9. The maximum Gasteiger partial charge on any atom is 0.420 e. The van der Waals surface area contributed by atoms with Gasteiger partial charge in [0.2, 0.25) is 11.7 Å². The molecule has 0 bridgehead atoms. The molecular weight excluding hydrogens is 821 g/mol. The van der Waals surface area contributed by atoms with Gasteiger partial charge in [0.1, 0.15) is 12.7 Å². The van der Waals surface area contributed by atoms with Crippen molar-refractivity contribution in [2.75, 3.05) is 0 Å². The van der Waals surface area contributed by atoms with Gasteiger partial charge in [-0.3, -0.25) is 9.36 Å². The standard InChI is InChI=1S/C49H76N4O11/c1-11-35(44(56)52-24-22-50-27-52)37-15-14-29(4)42(60-37)33(8)40(54)32(7)41(55)36(12-2)43-30(5)26-31(6)48(62-43)19-17-39(61-45(57)53-25-23-51-28-53)49(64-48)21-20-46(10,63-49)38-16-18-47(58,13-3)34(9)59-38/h17,19,22-25,27-43,54-55,58H,11-16,18,20-21,26H2,1-10H3/t29?,30-,31+,32-,33-,34-,35+,36-,37+,38+,39+,40+,41+,42+,43-,46-,47+,48-,49-/m0/s1. The van der Waals surface area contributed by atoms with Crippen LogP contribution in [0, 0.1) is 41.4 Å². The number of imidazole rings is 2. The molecule has 0 amide bonds. The van der Waals surface area contributed by atoms with Crippen molar-refractivity contribution in [1.29, 1.82) is 0 Å². The second-order valence-electron chi connectivity index (χ2n) is 20.4. The van der Waals surface area contributed by atoms with E-state index in [1.807, 2.05) is 60.6 Å². The molecule has 0 saturated carbocycles. The summed E-state index contributed by atoms with van der Waals surface area (Å²) in [5, 5.41) is 35.7. The number of aromatic nitrogens is 4. The largest absolute Gasteiger partial charge is 0.436 e. The van der Waals surface area contributed by atoms with Gasteiger partial charge in [0.05, 0.1) is 59.8 Å². The van der Waals surface area contributed by atoms with E-state index in [-0.39, 0.29) is 59.7 Å². The summed E-state index contributed by atoms with van der Waals surface area (Å²) in [4.78, 5) is 35.0. The minimum atomic E-state index is -1.45. The van der Waals surface area contributed by atoms with E-state index in [4.69, 9.17) is 28.4 Å². The van der Waals surface area contributed by atoms with Gasteiger partial charge >= 0.3 is 6.09 Å². The van der Waals surface area contributed by atoms with Crippen LogP contribution < -0.4 is 0 Å². The van der Waals surface area contributed by atoms with Gasteiger partial charge in [-0.2, -0.15) is 0 Å². The molecule has 7 heterocycles. The maximum absolute atomic E-state index is 13.5. The first-order chi connectivity index (χ1) is 30.3. The predicted molar refractivity (Wildman–Crippen MR) is 237 cm³/mol. The summed E-state index contributed by atoms with van der Waals surface area (Å²) in [7, 11) is 0. The zero-order valence-corrected chi connectivity index (χ0v) is 39.7. The van der Waals surface area contributed by atoms with Gasteiger partial charge < -0.3 is 43.7 Å². The van der Waals surface area contributed by atoms with Crippen molar-refractivity contribution in [2.45, 2.75) is 205 Å². The zero-order valence-electron chi connectivity index (χ0n) is 39.7. The Bertz CT molecular complexity index is 1900. The molecule has 0 radical (unpaired) electrons. The summed E-state index contributed by atoms with van der Waals surface area (Å²) in [5.41, 5.74) is -1.76. The topological polar surface area (TPSA) is 186 Å². The van der Waals surface area contributed by atoms with Crippen LogP contribution in [0.25, 0.3) is 0 Å². The van der Waals surface area contributed by atoms with Gasteiger partial charge in [-0.15, -0.1) is 0 Å². The first-order valence-corrected chi connectivity index (χ1v) is 24.2. The second kappa shape index (κ2) is 19.3. The second-order valence-corrected chi connectivity index (χ2v) is 20.4. The van der Waals surface area contributed by atoms with E-state index < -0.39 is 65.3 Å². The van der Waals surface area contributed by atoms with Crippen LogP contribution in [-0.2, 0) is 28.4 Å². The van der Waals surface area contributed by atoms with Crippen LogP contribution in [0.4, 0.5) is 4.79 Å². The molecule has 4 fully saturated rings. The Morgan fingerprint density at radius 2 is 1.56 bits per heavy atom. The third-order valence-corrected chi connectivity index (χ3v) is 16.4. The van der Waals surface area contributed by atoms with Gasteiger partial charge in [0.15, 0.2) is 11.9 Å². The van der Waals surface area contributed by atoms with Crippen molar-refractivity contribution < 1.29 is 53.3 Å².